The third kappa shape index (κ3) is 7.97. The molecule has 1 aliphatic heterocycles. The highest BCUT2D eigenvalue weighted by molar-refractivity contribution is 7.09. The Hall–Kier alpha value is -2.22. The molecule has 29 heavy (non-hydrogen) atoms. The lowest BCUT2D eigenvalue weighted by Crippen LogP contribution is -2.37. The van der Waals surface area contributed by atoms with E-state index in [0.29, 0.717) is 13.2 Å². The van der Waals surface area contributed by atoms with Crippen LogP contribution in [0.15, 0.2) is 35.7 Å². The van der Waals surface area contributed by atoms with E-state index in [4.69, 9.17) is 9.47 Å². The molecule has 0 atom stereocenters. The van der Waals surface area contributed by atoms with Gasteiger partial charge in [0, 0.05) is 31.1 Å². The zero-order valence-corrected chi connectivity index (χ0v) is 17.7. The van der Waals surface area contributed by atoms with Crippen molar-refractivity contribution in [2.75, 3.05) is 39.4 Å². The van der Waals surface area contributed by atoms with Crippen LogP contribution in [0.25, 0.3) is 6.08 Å². The third-order valence-corrected chi connectivity index (χ3v) is 5.49. The maximum atomic E-state index is 12.0. The van der Waals surface area contributed by atoms with Gasteiger partial charge in [0.05, 0.1) is 23.9 Å². The molecule has 2 heterocycles. The van der Waals surface area contributed by atoms with Crippen molar-refractivity contribution < 1.29 is 14.3 Å². The molecular formula is C22H29N3O3S. The van der Waals surface area contributed by atoms with Crippen molar-refractivity contribution in [2.24, 2.45) is 0 Å². The first-order valence-corrected chi connectivity index (χ1v) is 11.0. The minimum Gasteiger partial charge on any atom is -0.487 e. The molecule has 3 rings (SSSR count). The van der Waals surface area contributed by atoms with E-state index in [1.54, 1.807) is 17.4 Å². The average molecular weight is 416 g/mol. The first kappa shape index (κ1) is 21.5. The number of carbonyl (C=O) groups excluding carboxylic acids is 1. The van der Waals surface area contributed by atoms with E-state index >= 15 is 0 Å². The fourth-order valence-electron chi connectivity index (χ4n) is 3.03. The van der Waals surface area contributed by atoms with Crippen LogP contribution in [0.3, 0.4) is 0 Å². The van der Waals surface area contributed by atoms with Gasteiger partial charge in [0.15, 0.2) is 0 Å². The fourth-order valence-corrected chi connectivity index (χ4v) is 3.63. The number of carbonyl (C=O) groups is 1. The van der Waals surface area contributed by atoms with Crippen LogP contribution < -0.4 is 10.1 Å². The number of amides is 1. The minimum atomic E-state index is -0.0596. The van der Waals surface area contributed by atoms with Crippen LogP contribution in [0.2, 0.25) is 0 Å². The zero-order valence-electron chi connectivity index (χ0n) is 16.9. The summed E-state index contributed by atoms with van der Waals surface area (Å²) in [4.78, 5) is 18.7. The van der Waals surface area contributed by atoms with Gasteiger partial charge in [0.1, 0.15) is 12.4 Å². The number of nitrogens with one attached hydrogen (secondary N) is 1. The Labute approximate surface area is 176 Å². The van der Waals surface area contributed by atoms with Gasteiger partial charge in [-0.3, -0.25) is 9.69 Å². The Morgan fingerprint density at radius 1 is 1.28 bits per heavy atom. The standard InChI is InChI=1S/C22H29N3O3S/c1-18-24-20(17-29-18)16-28-21-7-4-19(5-8-21)6-9-22(26)23-10-2-3-11-25-12-14-27-15-13-25/h4-9,17H,2-3,10-16H2,1H3,(H,23,26)/b9-6+. The van der Waals surface area contributed by atoms with Crippen LogP contribution in [-0.2, 0) is 16.1 Å². The van der Waals surface area contributed by atoms with Crippen LogP contribution in [0.5, 0.6) is 5.75 Å². The molecule has 2 aromatic rings. The minimum absolute atomic E-state index is 0.0596. The molecule has 1 saturated heterocycles. The summed E-state index contributed by atoms with van der Waals surface area (Å²) in [5.41, 5.74) is 1.91. The molecule has 0 unspecified atom stereocenters. The summed E-state index contributed by atoms with van der Waals surface area (Å²) in [5.74, 6) is 0.730. The molecule has 0 spiro atoms. The van der Waals surface area contributed by atoms with Gasteiger partial charge in [-0.2, -0.15) is 0 Å². The van der Waals surface area contributed by atoms with Gasteiger partial charge in [0.2, 0.25) is 5.91 Å². The molecule has 1 amide bonds. The van der Waals surface area contributed by atoms with Crippen LogP contribution in [0.4, 0.5) is 0 Å². The Balaban J connectivity index is 1.30. The van der Waals surface area contributed by atoms with Crippen molar-refractivity contribution in [3.05, 3.63) is 52.0 Å². The number of aryl methyl sites for hydroxylation is 1. The number of thiazole rings is 1. The maximum Gasteiger partial charge on any atom is 0.243 e. The second kappa shape index (κ2) is 11.7. The smallest absolute Gasteiger partial charge is 0.243 e. The van der Waals surface area contributed by atoms with Crippen molar-refractivity contribution >= 4 is 23.3 Å². The second-order valence-corrected chi connectivity index (χ2v) is 8.06. The number of morpholine rings is 1. The molecular weight excluding hydrogens is 386 g/mol. The van der Waals surface area contributed by atoms with E-state index in [1.807, 2.05) is 42.6 Å². The lowest BCUT2D eigenvalue weighted by molar-refractivity contribution is -0.116. The molecule has 6 nitrogen and oxygen atoms in total. The topological polar surface area (TPSA) is 63.7 Å². The van der Waals surface area contributed by atoms with E-state index in [-0.39, 0.29) is 5.91 Å². The van der Waals surface area contributed by atoms with Gasteiger partial charge < -0.3 is 14.8 Å². The molecule has 156 valence electrons. The molecule has 1 fully saturated rings. The summed E-state index contributed by atoms with van der Waals surface area (Å²) in [5, 5.41) is 5.99. The number of unbranched alkanes of at least 4 members (excludes halogenated alkanes) is 1. The Kier molecular flexibility index (Phi) is 8.67. The highest BCUT2D eigenvalue weighted by Gasteiger charge is 2.09. The number of ether oxygens (including phenoxy) is 2. The summed E-state index contributed by atoms with van der Waals surface area (Å²) in [6.45, 7) is 7.93. The number of hydrogen-bond donors (Lipinski definition) is 1. The number of nitrogens with zero attached hydrogens (tertiary/aromatic N) is 2. The molecule has 0 bridgehead atoms. The highest BCUT2D eigenvalue weighted by atomic mass is 32.1. The second-order valence-electron chi connectivity index (χ2n) is 7.00. The first-order chi connectivity index (χ1) is 14.2. The molecule has 1 aliphatic rings. The number of hydrogen-bond acceptors (Lipinski definition) is 6. The highest BCUT2D eigenvalue weighted by Crippen LogP contribution is 2.16. The molecule has 1 aromatic heterocycles. The van der Waals surface area contributed by atoms with Gasteiger partial charge >= 0.3 is 0 Å². The predicted molar refractivity (Wildman–Crippen MR) is 116 cm³/mol. The SMILES string of the molecule is Cc1nc(COc2ccc(/C=C/C(=O)NCCCCN3CCOCC3)cc2)cs1. The summed E-state index contributed by atoms with van der Waals surface area (Å²) in [6, 6.07) is 7.69. The van der Waals surface area contributed by atoms with Crippen LogP contribution >= 0.6 is 11.3 Å². The molecule has 0 saturated carbocycles. The summed E-state index contributed by atoms with van der Waals surface area (Å²) in [6.07, 6.45) is 5.47. The summed E-state index contributed by atoms with van der Waals surface area (Å²) < 4.78 is 11.1. The summed E-state index contributed by atoms with van der Waals surface area (Å²) >= 11 is 1.62. The molecule has 7 heteroatoms. The largest absolute Gasteiger partial charge is 0.487 e. The monoisotopic (exact) mass is 415 g/mol. The van der Waals surface area contributed by atoms with Crippen molar-refractivity contribution in [2.45, 2.75) is 26.4 Å². The molecule has 1 aromatic carbocycles. The van der Waals surface area contributed by atoms with E-state index in [1.165, 1.54) is 0 Å². The van der Waals surface area contributed by atoms with Gasteiger partial charge in [0.25, 0.3) is 0 Å². The van der Waals surface area contributed by atoms with Crippen molar-refractivity contribution in [1.29, 1.82) is 0 Å². The lowest BCUT2D eigenvalue weighted by atomic mass is 10.2. The van der Waals surface area contributed by atoms with Crippen molar-refractivity contribution in [3.63, 3.8) is 0 Å². The van der Waals surface area contributed by atoms with E-state index < -0.39 is 0 Å². The fraction of sp³-hybridized carbons (Fsp3) is 0.455. The quantitative estimate of drug-likeness (QED) is 0.477. The Morgan fingerprint density at radius 2 is 2.07 bits per heavy atom. The van der Waals surface area contributed by atoms with E-state index in [0.717, 1.165) is 67.7 Å². The van der Waals surface area contributed by atoms with Gasteiger partial charge in [-0.25, -0.2) is 4.98 Å². The number of rotatable bonds is 10. The molecule has 0 aliphatic carbocycles. The first-order valence-electron chi connectivity index (χ1n) is 10.1. The van der Waals surface area contributed by atoms with Gasteiger partial charge in [-0.1, -0.05) is 12.1 Å². The lowest BCUT2D eigenvalue weighted by Gasteiger charge is -2.26. The Morgan fingerprint density at radius 3 is 2.79 bits per heavy atom. The van der Waals surface area contributed by atoms with E-state index in [2.05, 4.69) is 15.2 Å². The van der Waals surface area contributed by atoms with Crippen LogP contribution in [0.1, 0.15) is 29.1 Å². The van der Waals surface area contributed by atoms with Gasteiger partial charge in [-0.15, -0.1) is 11.3 Å². The van der Waals surface area contributed by atoms with Crippen molar-refractivity contribution in [1.82, 2.24) is 15.2 Å². The maximum absolute atomic E-state index is 12.0. The number of benzene rings is 1. The number of aromatic nitrogens is 1. The van der Waals surface area contributed by atoms with Crippen molar-refractivity contribution in [3.8, 4) is 5.75 Å². The Bertz CT molecular complexity index is 783. The summed E-state index contributed by atoms with van der Waals surface area (Å²) in [7, 11) is 0. The average Bonchev–Trinajstić information content (AvgIpc) is 3.17. The normalized spacial score (nSPS) is 14.9. The van der Waals surface area contributed by atoms with Crippen LogP contribution in [0, 0.1) is 6.92 Å². The third-order valence-electron chi connectivity index (χ3n) is 4.66. The van der Waals surface area contributed by atoms with Gasteiger partial charge in [-0.05, 0) is 50.1 Å². The van der Waals surface area contributed by atoms with E-state index in [9.17, 15) is 4.79 Å². The molecule has 1 N–H and O–H groups in total. The zero-order chi connectivity index (χ0) is 20.3. The predicted octanol–water partition coefficient (Wildman–Crippen LogP) is 3.27. The van der Waals surface area contributed by atoms with Crippen LogP contribution in [-0.4, -0.2) is 55.2 Å². The molecule has 0 radical (unpaired) electrons.